The summed E-state index contributed by atoms with van der Waals surface area (Å²) < 4.78 is 30.5. The Hall–Kier alpha value is -2.83. The maximum absolute atomic E-state index is 13.8. The van der Waals surface area contributed by atoms with Gasteiger partial charge in [0.05, 0.1) is 18.7 Å². The summed E-state index contributed by atoms with van der Waals surface area (Å²) in [7, 11) is 1.55. The molecule has 1 aromatic heterocycles. The van der Waals surface area contributed by atoms with Crippen molar-refractivity contribution in [3.63, 3.8) is 0 Å². The molecule has 0 bridgehead atoms. The van der Waals surface area contributed by atoms with Crippen molar-refractivity contribution in [3.05, 3.63) is 82.8 Å². The average molecular weight is 431 g/mol. The number of aromatic nitrogens is 1. The summed E-state index contributed by atoms with van der Waals surface area (Å²) in [6.45, 7) is 2.04. The molecule has 0 unspecified atom stereocenters. The molecule has 0 saturated carbocycles. The monoisotopic (exact) mass is 430 g/mol. The van der Waals surface area contributed by atoms with Gasteiger partial charge in [-0.1, -0.05) is 35.9 Å². The zero-order valence-corrected chi connectivity index (χ0v) is 17.5. The molecule has 3 rings (SSSR count). The Balaban J connectivity index is 1.49. The molecule has 0 atom stereocenters. The summed E-state index contributed by atoms with van der Waals surface area (Å²) in [5, 5.41) is 3.76. The van der Waals surface area contributed by atoms with Crippen LogP contribution in [-0.4, -0.2) is 25.2 Å². The van der Waals surface area contributed by atoms with Crippen LogP contribution in [0.25, 0.3) is 0 Å². The van der Waals surface area contributed by atoms with Crippen molar-refractivity contribution in [2.75, 3.05) is 20.3 Å². The molecule has 1 heterocycles. The normalized spacial score (nSPS) is 10.6. The second kappa shape index (κ2) is 11.4. The number of hydrogen-bond donors (Lipinski definition) is 1. The predicted octanol–water partition coefficient (Wildman–Crippen LogP) is 5.02. The third-order valence-electron chi connectivity index (χ3n) is 4.33. The second-order valence-corrected chi connectivity index (χ2v) is 6.94. The Morgan fingerprint density at radius 2 is 1.90 bits per heavy atom. The molecule has 0 spiro atoms. The first-order chi connectivity index (χ1) is 14.7. The van der Waals surface area contributed by atoms with Crippen molar-refractivity contribution in [2.45, 2.75) is 19.6 Å². The number of nitrogens with one attached hydrogen (secondary N) is 1. The summed E-state index contributed by atoms with van der Waals surface area (Å²) in [6.07, 6.45) is 2.54. The Morgan fingerprint density at radius 3 is 2.67 bits per heavy atom. The molecule has 0 aliphatic heterocycles. The zero-order chi connectivity index (χ0) is 21.2. The van der Waals surface area contributed by atoms with Gasteiger partial charge in [0.2, 0.25) is 5.88 Å². The lowest BCUT2D eigenvalue weighted by Gasteiger charge is -2.15. The Kier molecular flexibility index (Phi) is 8.30. The van der Waals surface area contributed by atoms with Crippen molar-refractivity contribution in [1.29, 1.82) is 0 Å². The van der Waals surface area contributed by atoms with Crippen LogP contribution in [-0.2, 0) is 13.2 Å². The minimum absolute atomic E-state index is 0.0661. The van der Waals surface area contributed by atoms with Gasteiger partial charge < -0.3 is 19.5 Å². The smallest absolute Gasteiger partial charge is 0.213 e. The van der Waals surface area contributed by atoms with Crippen LogP contribution >= 0.6 is 11.6 Å². The number of rotatable bonds is 11. The van der Waals surface area contributed by atoms with E-state index in [1.165, 1.54) is 6.07 Å². The van der Waals surface area contributed by atoms with Gasteiger partial charge >= 0.3 is 0 Å². The van der Waals surface area contributed by atoms with Gasteiger partial charge in [0.25, 0.3) is 0 Å². The highest BCUT2D eigenvalue weighted by atomic mass is 35.5. The standard InChI is InChI=1S/C23H24ClFN2O3/c1-28-21-14-17(15-26-10-6-12-29-22-9-4-5-11-27-22)13-19(24)23(21)30-16-18-7-2-3-8-20(18)25/h2-5,7-9,11,13-14,26H,6,10,12,15-16H2,1H3. The molecule has 0 fully saturated rings. The van der Waals surface area contributed by atoms with Crippen molar-refractivity contribution < 1.29 is 18.6 Å². The minimum Gasteiger partial charge on any atom is -0.493 e. The van der Waals surface area contributed by atoms with E-state index in [9.17, 15) is 4.39 Å². The number of pyridine rings is 1. The van der Waals surface area contributed by atoms with E-state index < -0.39 is 0 Å². The van der Waals surface area contributed by atoms with Gasteiger partial charge in [-0.25, -0.2) is 9.37 Å². The number of hydrogen-bond acceptors (Lipinski definition) is 5. The molecule has 0 radical (unpaired) electrons. The van der Waals surface area contributed by atoms with Crippen LogP contribution in [0.1, 0.15) is 17.5 Å². The fourth-order valence-electron chi connectivity index (χ4n) is 2.82. The van der Waals surface area contributed by atoms with Crippen LogP contribution in [0.4, 0.5) is 4.39 Å². The molecular formula is C23H24ClFN2O3. The third-order valence-corrected chi connectivity index (χ3v) is 4.61. The fraction of sp³-hybridized carbons (Fsp3) is 0.261. The summed E-state index contributed by atoms with van der Waals surface area (Å²) in [4.78, 5) is 4.12. The molecular weight excluding hydrogens is 407 g/mol. The highest BCUT2D eigenvalue weighted by Crippen LogP contribution is 2.37. The second-order valence-electron chi connectivity index (χ2n) is 6.54. The van der Waals surface area contributed by atoms with Crippen molar-refractivity contribution >= 4 is 11.6 Å². The number of halogens is 2. The van der Waals surface area contributed by atoms with Crippen molar-refractivity contribution in [3.8, 4) is 17.4 Å². The van der Waals surface area contributed by atoms with E-state index in [2.05, 4.69) is 10.3 Å². The van der Waals surface area contributed by atoms with Gasteiger partial charge in [0.15, 0.2) is 11.5 Å². The van der Waals surface area contributed by atoms with Gasteiger partial charge in [0, 0.05) is 24.4 Å². The maximum atomic E-state index is 13.8. The zero-order valence-electron chi connectivity index (χ0n) is 16.7. The first-order valence-electron chi connectivity index (χ1n) is 9.64. The lowest BCUT2D eigenvalue weighted by Crippen LogP contribution is -2.17. The Labute approximate surface area is 180 Å². The van der Waals surface area contributed by atoms with E-state index in [1.54, 1.807) is 31.5 Å². The number of ether oxygens (including phenoxy) is 3. The number of benzene rings is 2. The highest BCUT2D eigenvalue weighted by Gasteiger charge is 2.13. The molecule has 5 nitrogen and oxygen atoms in total. The number of methoxy groups -OCH3 is 1. The first-order valence-corrected chi connectivity index (χ1v) is 10.0. The molecule has 3 aromatic rings. The highest BCUT2D eigenvalue weighted by molar-refractivity contribution is 6.32. The molecule has 30 heavy (non-hydrogen) atoms. The number of nitrogens with zero attached hydrogens (tertiary/aromatic N) is 1. The van der Waals surface area contributed by atoms with E-state index in [1.807, 2.05) is 30.3 Å². The lowest BCUT2D eigenvalue weighted by atomic mass is 10.2. The van der Waals surface area contributed by atoms with Gasteiger partial charge in [-0.15, -0.1) is 0 Å². The third kappa shape index (κ3) is 6.34. The van der Waals surface area contributed by atoms with Crippen LogP contribution in [0.2, 0.25) is 5.02 Å². The predicted molar refractivity (Wildman–Crippen MR) is 115 cm³/mol. The molecule has 0 aliphatic rings. The molecule has 158 valence electrons. The van der Waals surface area contributed by atoms with Crippen molar-refractivity contribution in [2.24, 2.45) is 0 Å². The maximum Gasteiger partial charge on any atom is 0.213 e. The summed E-state index contributed by atoms with van der Waals surface area (Å²) in [5.41, 5.74) is 1.41. The topological polar surface area (TPSA) is 52.6 Å². The minimum atomic E-state index is -0.319. The molecule has 1 N–H and O–H groups in total. The Morgan fingerprint density at radius 1 is 1.07 bits per heavy atom. The van der Waals surface area contributed by atoms with Gasteiger partial charge in [-0.3, -0.25) is 0 Å². The summed E-state index contributed by atoms with van der Waals surface area (Å²) in [6, 6.07) is 15.7. The largest absolute Gasteiger partial charge is 0.493 e. The van der Waals surface area contributed by atoms with Crippen LogP contribution in [0.15, 0.2) is 60.8 Å². The van der Waals surface area contributed by atoms with Crippen LogP contribution in [0.3, 0.4) is 0 Å². The molecule has 7 heteroatoms. The van der Waals surface area contributed by atoms with E-state index in [0.29, 0.717) is 41.1 Å². The van der Waals surface area contributed by atoms with Crippen LogP contribution in [0.5, 0.6) is 17.4 Å². The molecule has 0 aliphatic carbocycles. The van der Waals surface area contributed by atoms with Gasteiger partial charge in [0.1, 0.15) is 12.4 Å². The Bertz CT molecular complexity index is 941. The fourth-order valence-corrected chi connectivity index (χ4v) is 3.11. The van der Waals surface area contributed by atoms with E-state index in [-0.39, 0.29) is 12.4 Å². The lowest BCUT2D eigenvalue weighted by molar-refractivity contribution is 0.279. The van der Waals surface area contributed by atoms with E-state index in [4.69, 9.17) is 25.8 Å². The van der Waals surface area contributed by atoms with Gasteiger partial charge in [-0.05, 0) is 42.8 Å². The first kappa shape index (κ1) is 21.9. The van der Waals surface area contributed by atoms with Crippen LogP contribution in [0, 0.1) is 5.82 Å². The summed E-state index contributed by atoms with van der Waals surface area (Å²) >= 11 is 6.40. The summed E-state index contributed by atoms with van der Waals surface area (Å²) in [5.74, 6) is 1.21. The SMILES string of the molecule is COc1cc(CNCCCOc2ccccn2)cc(Cl)c1OCc1ccccc1F. The van der Waals surface area contributed by atoms with Crippen LogP contribution < -0.4 is 19.5 Å². The quantitative estimate of drug-likeness (QED) is 0.433. The van der Waals surface area contributed by atoms with Crippen molar-refractivity contribution in [1.82, 2.24) is 10.3 Å². The molecule has 0 saturated heterocycles. The van der Waals surface area contributed by atoms with E-state index in [0.717, 1.165) is 18.5 Å². The molecule has 2 aromatic carbocycles. The van der Waals surface area contributed by atoms with Gasteiger partial charge in [-0.2, -0.15) is 0 Å². The molecule has 0 amide bonds. The van der Waals surface area contributed by atoms with E-state index >= 15 is 0 Å². The average Bonchev–Trinajstić information content (AvgIpc) is 2.77.